The van der Waals surface area contributed by atoms with Crippen LogP contribution >= 0.6 is 0 Å². The van der Waals surface area contributed by atoms with E-state index in [-0.39, 0.29) is 24.1 Å². The van der Waals surface area contributed by atoms with Crippen LogP contribution in [0.4, 0.5) is 4.79 Å². The standard InChI is InChI=1S/C29H41N5O5/c1-29(2,3)39-28(38)33-15-11-21(12-16-33)20-9-13-32(14-10-20)18-19-5-6-22-24(17-19)31(4)27(37)34(22)23-7-8-25(35)30-26(23)36/h5-6,17,20-21,23H,7-16,18H2,1-4H3,(H,30,35,36). The number of hydrogen-bond acceptors (Lipinski definition) is 6. The number of piperidine rings is 3. The molecule has 3 amide bonds. The molecule has 3 saturated heterocycles. The first-order valence-corrected chi connectivity index (χ1v) is 14.2. The summed E-state index contributed by atoms with van der Waals surface area (Å²) in [6.07, 6.45) is 4.76. The molecule has 0 radical (unpaired) electrons. The van der Waals surface area contributed by atoms with Crippen molar-refractivity contribution in [2.45, 2.75) is 77.5 Å². The van der Waals surface area contributed by atoms with Gasteiger partial charge in [0, 0.05) is 33.1 Å². The first-order valence-electron chi connectivity index (χ1n) is 14.2. The molecule has 39 heavy (non-hydrogen) atoms. The Morgan fingerprint density at radius 2 is 1.59 bits per heavy atom. The smallest absolute Gasteiger partial charge is 0.410 e. The molecule has 4 heterocycles. The topological polar surface area (TPSA) is 106 Å². The van der Waals surface area contributed by atoms with Crippen LogP contribution in [0, 0.1) is 11.8 Å². The second kappa shape index (κ2) is 10.8. The molecule has 5 rings (SSSR count). The SMILES string of the molecule is Cn1c(=O)n(C2CCC(=O)NC2=O)c2ccc(CN3CCC(C4CCN(C(=O)OC(C)(C)C)CC4)CC3)cc21. The maximum absolute atomic E-state index is 13.0. The van der Waals surface area contributed by atoms with E-state index in [0.717, 1.165) is 75.0 Å². The highest BCUT2D eigenvalue weighted by atomic mass is 16.6. The summed E-state index contributed by atoms with van der Waals surface area (Å²) in [5.41, 5.74) is 1.96. The van der Waals surface area contributed by atoms with Gasteiger partial charge < -0.3 is 9.64 Å². The number of carbonyl (C=O) groups excluding carboxylic acids is 3. The van der Waals surface area contributed by atoms with Crippen molar-refractivity contribution in [3.63, 3.8) is 0 Å². The molecule has 0 saturated carbocycles. The average molecular weight is 540 g/mol. The number of amides is 3. The number of imidazole rings is 1. The molecule has 1 atom stereocenters. The predicted octanol–water partition coefficient (Wildman–Crippen LogP) is 3.18. The number of carbonyl (C=O) groups is 3. The van der Waals surface area contributed by atoms with Gasteiger partial charge in [0.25, 0.3) is 0 Å². The summed E-state index contributed by atoms with van der Waals surface area (Å²) in [7, 11) is 1.73. The summed E-state index contributed by atoms with van der Waals surface area (Å²) in [5, 5.41) is 2.36. The zero-order valence-corrected chi connectivity index (χ0v) is 23.6. The summed E-state index contributed by atoms with van der Waals surface area (Å²) in [6, 6.07) is 5.36. The van der Waals surface area contributed by atoms with Crippen LogP contribution in [0.3, 0.4) is 0 Å². The summed E-state index contributed by atoms with van der Waals surface area (Å²) < 4.78 is 8.66. The maximum atomic E-state index is 13.0. The van der Waals surface area contributed by atoms with Gasteiger partial charge in [-0.15, -0.1) is 0 Å². The van der Waals surface area contributed by atoms with Crippen molar-refractivity contribution in [2.24, 2.45) is 18.9 Å². The molecule has 3 fully saturated rings. The molecule has 0 bridgehead atoms. The van der Waals surface area contributed by atoms with E-state index in [4.69, 9.17) is 4.74 Å². The van der Waals surface area contributed by atoms with E-state index in [2.05, 4.69) is 16.3 Å². The molecule has 212 valence electrons. The normalized spacial score (nSPS) is 22.4. The number of rotatable bonds is 4. The monoisotopic (exact) mass is 539 g/mol. The third-order valence-electron chi connectivity index (χ3n) is 8.57. The minimum Gasteiger partial charge on any atom is -0.444 e. The van der Waals surface area contributed by atoms with E-state index in [9.17, 15) is 19.2 Å². The molecule has 0 aliphatic carbocycles. The average Bonchev–Trinajstić information content (AvgIpc) is 3.13. The van der Waals surface area contributed by atoms with Crippen LogP contribution in [0.5, 0.6) is 0 Å². The molecule has 1 unspecified atom stereocenters. The highest BCUT2D eigenvalue weighted by Gasteiger charge is 2.33. The van der Waals surface area contributed by atoms with Crippen LogP contribution in [-0.2, 0) is 27.9 Å². The molecule has 3 aliphatic rings. The summed E-state index contributed by atoms with van der Waals surface area (Å²) >= 11 is 0. The number of aryl methyl sites for hydroxylation is 1. The van der Waals surface area contributed by atoms with Gasteiger partial charge in [0.15, 0.2) is 0 Å². The summed E-state index contributed by atoms with van der Waals surface area (Å²) in [6.45, 7) is 10.1. The van der Waals surface area contributed by atoms with E-state index in [1.165, 1.54) is 4.57 Å². The van der Waals surface area contributed by atoms with Crippen molar-refractivity contribution in [3.8, 4) is 0 Å². The zero-order valence-electron chi connectivity index (χ0n) is 23.6. The van der Waals surface area contributed by atoms with Gasteiger partial charge in [0.2, 0.25) is 11.8 Å². The number of fused-ring (bicyclic) bond motifs is 1. The molecule has 10 nitrogen and oxygen atoms in total. The van der Waals surface area contributed by atoms with E-state index in [0.29, 0.717) is 18.3 Å². The number of imide groups is 1. The third kappa shape index (κ3) is 5.90. The van der Waals surface area contributed by atoms with E-state index in [1.54, 1.807) is 11.6 Å². The Morgan fingerprint density at radius 1 is 0.949 bits per heavy atom. The van der Waals surface area contributed by atoms with Gasteiger partial charge in [-0.3, -0.25) is 28.9 Å². The molecular formula is C29H41N5O5. The number of nitrogens with zero attached hydrogens (tertiary/aromatic N) is 4. The molecule has 0 spiro atoms. The molecule has 1 N–H and O–H groups in total. The van der Waals surface area contributed by atoms with Gasteiger partial charge >= 0.3 is 11.8 Å². The van der Waals surface area contributed by atoms with Crippen LogP contribution in [0.15, 0.2) is 23.0 Å². The number of likely N-dealkylation sites (tertiary alicyclic amines) is 2. The van der Waals surface area contributed by atoms with Gasteiger partial charge in [0.1, 0.15) is 11.6 Å². The van der Waals surface area contributed by atoms with E-state index < -0.39 is 17.6 Å². The molecular weight excluding hydrogens is 498 g/mol. The van der Waals surface area contributed by atoms with Crippen molar-refractivity contribution in [1.29, 1.82) is 0 Å². The van der Waals surface area contributed by atoms with Crippen LogP contribution in [0.2, 0.25) is 0 Å². The Bertz CT molecular complexity index is 1310. The van der Waals surface area contributed by atoms with Gasteiger partial charge in [0.05, 0.1) is 11.0 Å². The molecule has 1 aromatic carbocycles. The lowest BCUT2D eigenvalue weighted by Crippen LogP contribution is -2.44. The zero-order chi connectivity index (χ0) is 27.9. The molecule has 1 aromatic heterocycles. The number of nitrogens with one attached hydrogen (secondary N) is 1. The number of aromatic nitrogens is 2. The lowest BCUT2D eigenvalue weighted by Gasteiger charge is -2.40. The van der Waals surface area contributed by atoms with E-state index in [1.807, 2.05) is 37.8 Å². The van der Waals surface area contributed by atoms with E-state index >= 15 is 0 Å². The Kier molecular flexibility index (Phi) is 7.59. The summed E-state index contributed by atoms with van der Waals surface area (Å²) in [4.78, 5) is 53.8. The summed E-state index contributed by atoms with van der Waals surface area (Å²) in [5.74, 6) is 0.641. The van der Waals surface area contributed by atoms with Gasteiger partial charge in [-0.25, -0.2) is 9.59 Å². The first-order chi connectivity index (χ1) is 18.5. The van der Waals surface area contributed by atoms with Crippen molar-refractivity contribution in [2.75, 3.05) is 26.2 Å². The minimum absolute atomic E-state index is 0.197. The maximum Gasteiger partial charge on any atom is 0.410 e. The highest BCUT2D eigenvalue weighted by Crippen LogP contribution is 2.33. The van der Waals surface area contributed by atoms with Crippen LogP contribution in [0.25, 0.3) is 11.0 Å². The Balaban J connectivity index is 1.17. The largest absolute Gasteiger partial charge is 0.444 e. The minimum atomic E-state index is -0.667. The fourth-order valence-corrected chi connectivity index (χ4v) is 6.46. The second-order valence-electron chi connectivity index (χ2n) is 12.4. The van der Waals surface area contributed by atoms with Crippen LogP contribution in [-0.4, -0.2) is 68.6 Å². The number of hydrogen-bond donors (Lipinski definition) is 1. The van der Waals surface area contributed by atoms with Gasteiger partial charge in [-0.1, -0.05) is 6.07 Å². The Morgan fingerprint density at radius 3 is 2.21 bits per heavy atom. The quantitative estimate of drug-likeness (QED) is 0.599. The van der Waals surface area contributed by atoms with Crippen molar-refractivity contribution in [3.05, 3.63) is 34.2 Å². The number of ether oxygens (including phenoxy) is 1. The molecule has 3 aliphatic heterocycles. The Hall–Kier alpha value is -3.14. The van der Waals surface area contributed by atoms with Gasteiger partial charge in [-0.05, 0) is 95.5 Å². The predicted molar refractivity (Wildman–Crippen MR) is 147 cm³/mol. The van der Waals surface area contributed by atoms with Gasteiger partial charge in [-0.2, -0.15) is 0 Å². The fourth-order valence-electron chi connectivity index (χ4n) is 6.46. The molecule has 10 heteroatoms. The van der Waals surface area contributed by atoms with Crippen molar-refractivity contribution < 1.29 is 19.1 Å². The molecule has 2 aromatic rings. The number of benzene rings is 1. The van der Waals surface area contributed by atoms with Crippen molar-refractivity contribution >= 4 is 28.9 Å². The van der Waals surface area contributed by atoms with Crippen LogP contribution in [0.1, 0.15) is 70.9 Å². The fraction of sp³-hybridized carbons (Fsp3) is 0.655. The van der Waals surface area contributed by atoms with Crippen LogP contribution < -0.4 is 11.0 Å². The van der Waals surface area contributed by atoms with Crippen molar-refractivity contribution in [1.82, 2.24) is 24.3 Å². The third-order valence-corrected chi connectivity index (χ3v) is 8.57. The second-order valence-corrected chi connectivity index (χ2v) is 12.4. The highest BCUT2D eigenvalue weighted by molar-refractivity contribution is 6.00. The first kappa shape index (κ1) is 27.4. The lowest BCUT2D eigenvalue weighted by molar-refractivity contribution is -0.135. The lowest BCUT2D eigenvalue weighted by atomic mass is 9.79. The Labute approximate surface area is 229 Å².